The molecule has 1 heterocycles. The number of ether oxygens (including phenoxy) is 1. The van der Waals surface area contributed by atoms with Crippen LogP contribution >= 0.6 is 0 Å². The lowest BCUT2D eigenvalue weighted by molar-refractivity contribution is -0.107. The van der Waals surface area contributed by atoms with Crippen LogP contribution in [0.4, 0.5) is 5.82 Å². The molecule has 0 aliphatic heterocycles. The van der Waals surface area contributed by atoms with Gasteiger partial charge in [-0.3, -0.25) is 9.59 Å². The second kappa shape index (κ2) is 8.28. The van der Waals surface area contributed by atoms with Crippen LogP contribution in [0, 0.1) is 0 Å². The molecule has 0 aliphatic carbocycles. The van der Waals surface area contributed by atoms with Gasteiger partial charge in [0.15, 0.2) is 5.82 Å². The van der Waals surface area contributed by atoms with E-state index in [-0.39, 0.29) is 17.4 Å². The number of rotatable bonds is 7. The zero-order chi connectivity index (χ0) is 19.3. The molecular weight excluding hydrogens is 336 g/mol. The number of benzene rings is 1. The molecule has 8 heteroatoms. The van der Waals surface area contributed by atoms with E-state index in [1.165, 1.54) is 16.8 Å². The van der Waals surface area contributed by atoms with Crippen molar-refractivity contribution < 1.29 is 19.1 Å². The van der Waals surface area contributed by atoms with Crippen molar-refractivity contribution in [3.05, 3.63) is 46.9 Å². The SMILES string of the molecule is CCOC(=O)c1cccc(Cc2nc(N(C)C=O)c(C(=O)N(C)C)[nH]2)c1. The predicted molar refractivity (Wildman–Crippen MR) is 96.3 cm³/mol. The average Bonchev–Trinajstić information content (AvgIpc) is 3.04. The molecule has 0 saturated carbocycles. The van der Waals surface area contributed by atoms with Gasteiger partial charge in [0.2, 0.25) is 6.41 Å². The fourth-order valence-corrected chi connectivity index (χ4v) is 2.39. The normalized spacial score (nSPS) is 10.3. The Morgan fingerprint density at radius 1 is 1.27 bits per heavy atom. The van der Waals surface area contributed by atoms with Gasteiger partial charge in [-0.2, -0.15) is 0 Å². The van der Waals surface area contributed by atoms with Crippen molar-refractivity contribution in [2.45, 2.75) is 13.3 Å². The molecule has 2 rings (SSSR count). The topological polar surface area (TPSA) is 95.6 Å². The highest BCUT2D eigenvalue weighted by Gasteiger charge is 2.21. The third-order valence-electron chi connectivity index (χ3n) is 3.66. The predicted octanol–water partition coefficient (Wildman–Crippen LogP) is 1.47. The lowest BCUT2D eigenvalue weighted by Crippen LogP contribution is -2.25. The third kappa shape index (κ3) is 4.27. The maximum absolute atomic E-state index is 12.3. The first-order valence-corrected chi connectivity index (χ1v) is 8.12. The standard InChI is InChI=1S/C18H22N4O4/c1-5-26-18(25)13-8-6-7-12(9-13)10-14-19-15(17(24)21(2)3)16(20-14)22(4)11-23/h6-9,11H,5,10H2,1-4H3,(H,19,20). The third-order valence-corrected chi connectivity index (χ3v) is 3.66. The van der Waals surface area contributed by atoms with Crippen molar-refractivity contribution in [3.63, 3.8) is 0 Å². The number of anilines is 1. The number of amides is 2. The molecule has 0 aliphatic rings. The first kappa shape index (κ1) is 19.2. The number of esters is 1. The number of imidazole rings is 1. The number of aromatic nitrogens is 2. The number of nitrogens with zero attached hydrogens (tertiary/aromatic N) is 3. The number of nitrogens with one attached hydrogen (secondary N) is 1. The molecule has 1 aromatic carbocycles. The molecule has 0 bridgehead atoms. The van der Waals surface area contributed by atoms with Gasteiger partial charge in [0.25, 0.3) is 5.91 Å². The summed E-state index contributed by atoms with van der Waals surface area (Å²) >= 11 is 0. The Kier molecular flexibility index (Phi) is 6.11. The molecule has 0 radical (unpaired) electrons. The fraction of sp³-hybridized carbons (Fsp3) is 0.333. The van der Waals surface area contributed by atoms with Crippen LogP contribution in [-0.2, 0) is 16.0 Å². The monoisotopic (exact) mass is 358 g/mol. The minimum atomic E-state index is -0.390. The van der Waals surface area contributed by atoms with Gasteiger partial charge in [-0.15, -0.1) is 0 Å². The molecule has 1 aromatic heterocycles. The summed E-state index contributed by atoms with van der Waals surface area (Å²) in [6.45, 7) is 2.05. The summed E-state index contributed by atoms with van der Waals surface area (Å²) in [6, 6.07) is 7.00. The molecule has 0 atom stereocenters. The van der Waals surface area contributed by atoms with E-state index >= 15 is 0 Å². The number of carbonyl (C=O) groups excluding carboxylic acids is 3. The Morgan fingerprint density at radius 3 is 2.62 bits per heavy atom. The molecule has 0 spiro atoms. The Bertz CT molecular complexity index is 813. The van der Waals surface area contributed by atoms with Crippen LogP contribution in [0.15, 0.2) is 24.3 Å². The summed E-state index contributed by atoms with van der Waals surface area (Å²) < 4.78 is 5.00. The molecule has 138 valence electrons. The second-order valence-electron chi connectivity index (χ2n) is 5.90. The quantitative estimate of drug-likeness (QED) is 0.597. The van der Waals surface area contributed by atoms with Crippen LogP contribution in [0.25, 0.3) is 0 Å². The highest BCUT2D eigenvalue weighted by atomic mass is 16.5. The Balaban J connectivity index is 2.32. The number of hydrogen-bond donors (Lipinski definition) is 1. The molecule has 2 aromatic rings. The van der Waals surface area contributed by atoms with Crippen molar-refractivity contribution in [3.8, 4) is 0 Å². The van der Waals surface area contributed by atoms with Gasteiger partial charge in [0, 0.05) is 27.6 Å². The van der Waals surface area contributed by atoms with E-state index in [1.54, 1.807) is 39.2 Å². The van der Waals surface area contributed by atoms with E-state index in [9.17, 15) is 14.4 Å². The van der Waals surface area contributed by atoms with Gasteiger partial charge in [-0.1, -0.05) is 12.1 Å². The summed E-state index contributed by atoms with van der Waals surface area (Å²) in [6.07, 6.45) is 0.960. The van der Waals surface area contributed by atoms with Gasteiger partial charge in [0.05, 0.1) is 12.2 Å². The van der Waals surface area contributed by atoms with E-state index in [1.807, 2.05) is 6.07 Å². The summed E-state index contributed by atoms with van der Waals surface area (Å²) in [7, 11) is 4.77. The Hall–Kier alpha value is -3.16. The minimum Gasteiger partial charge on any atom is -0.462 e. The summed E-state index contributed by atoms with van der Waals surface area (Å²) in [4.78, 5) is 45.3. The van der Waals surface area contributed by atoms with Crippen LogP contribution in [0.2, 0.25) is 0 Å². The van der Waals surface area contributed by atoms with Gasteiger partial charge in [0.1, 0.15) is 11.5 Å². The molecule has 2 amide bonds. The molecule has 0 fully saturated rings. The molecule has 26 heavy (non-hydrogen) atoms. The van der Waals surface area contributed by atoms with E-state index in [0.29, 0.717) is 30.8 Å². The van der Waals surface area contributed by atoms with Gasteiger partial charge >= 0.3 is 5.97 Å². The average molecular weight is 358 g/mol. The molecule has 1 N–H and O–H groups in total. The highest BCUT2D eigenvalue weighted by molar-refractivity contribution is 5.98. The van der Waals surface area contributed by atoms with Gasteiger partial charge in [-0.25, -0.2) is 9.78 Å². The van der Waals surface area contributed by atoms with Crippen molar-refractivity contribution in [2.75, 3.05) is 32.6 Å². The van der Waals surface area contributed by atoms with E-state index in [0.717, 1.165) is 5.56 Å². The lowest BCUT2D eigenvalue weighted by atomic mass is 10.1. The first-order valence-electron chi connectivity index (χ1n) is 8.12. The van der Waals surface area contributed by atoms with Crippen LogP contribution in [0.5, 0.6) is 0 Å². The maximum Gasteiger partial charge on any atom is 0.338 e. The highest BCUT2D eigenvalue weighted by Crippen LogP contribution is 2.19. The van der Waals surface area contributed by atoms with E-state index < -0.39 is 5.97 Å². The lowest BCUT2D eigenvalue weighted by Gasteiger charge is -2.12. The van der Waals surface area contributed by atoms with Crippen LogP contribution in [0.1, 0.15) is 39.2 Å². The van der Waals surface area contributed by atoms with Crippen LogP contribution in [-0.4, -0.2) is 60.9 Å². The summed E-state index contributed by atoms with van der Waals surface area (Å²) in [5, 5.41) is 0. The zero-order valence-electron chi connectivity index (χ0n) is 15.3. The summed E-state index contributed by atoms with van der Waals surface area (Å²) in [5.74, 6) is 0.0986. The van der Waals surface area contributed by atoms with Crippen molar-refractivity contribution >= 4 is 24.1 Å². The number of aromatic amines is 1. The van der Waals surface area contributed by atoms with Crippen molar-refractivity contribution in [2.24, 2.45) is 0 Å². The van der Waals surface area contributed by atoms with E-state index in [2.05, 4.69) is 9.97 Å². The molecule has 0 saturated heterocycles. The summed E-state index contributed by atoms with van der Waals surface area (Å²) in [5.41, 5.74) is 1.51. The molecule has 8 nitrogen and oxygen atoms in total. The van der Waals surface area contributed by atoms with E-state index in [4.69, 9.17) is 4.74 Å². The number of H-pyrrole nitrogens is 1. The number of carbonyl (C=O) groups is 3. The number of hydrogen-bond acceptors (Lipinski definition) is 5. The molecule has 0 unspecified atom stereocenters. The Morgan fingerprint density at radius 2 is 2.00 bits per heavy atom. The van der Waals surface area contributed by atoms with Crippen molar-refractivity contribution in [1.29, 1.82) is 0 Å². The van der Waals surface area contributed by atoms with Gasteiger partial charge in [-0.05, 0) is 24.6 Å². The van der Waals surface area contributed by atoms with Gasteiger partial charge < -0.3 is 19.5 Å². The first-order chi connectivity index (χ1) is 12.4. The minimum absolute atomic E-state index is 0.237. The Labute approximate surface area is 151 Å². The van der Waals surface area contributed by atoms with Crippen molar-refractivity contribution in [1.82, 2.24) is 14.9 Å². The largest absolute Gasteiger partial charge is 0.462 e. The molecular formula is C18H22N4O4. The zero-order valence-corrected chi connectivity index (χ0v) is 15.3. The van der Waals surface area contributed by atoms with Crippen LogP contribution in [0.3, 0.4) is 0 Å². The van der Waals surface area contributed by atoms with Crippen LogP contribution < -0.4 is 4.90 Å². The smallest absolute Gasteiger partial charge is 0.338 e. The second-order valence-corrected chi connectivity index (χ2v) is 5.90. The fourth-order valence-electron chi connectivity index (χ4n) is 2.39. The maximum atomic E-state index is 12.3.